The van der Waals surface area contributed by atoms with Crippen molar-refractivity contribution >= 4 is 16.8 Å². The van der Waals surface area contributed by atoms with Gasteiger partial charge < -0.3 is 9.64 Å². The number of nitrogens with zero attached hydrogens (tertiary/aromatic N) is 5. The van der Waals surface area contributed by atoms with Crippen LogP contribution in [0.4, 0.5) is 4.39 Å². The first kappa shape index (κ1) is 19.2. The fourth-order valence-corrected chi connectivity index (χ4v) is 3.76. The number of hydrogen-bond acceptors (Lipinski definition) is 5. The molecule has 0 radical (unpaired) electrons. The van der Waals surface area contributed by atoms with Gasteiger partial charge in [0.1, 0.15) is 12.3 Å². The Labute approximate surface area is 178 Å². The predicted molar refractivity (Wildman–Crippen MR) is 113 cm³/mol. The second-order valence-corrected chi connectivity index (χ2v) is 7.45. The molecule has 1 saturated heterocycles. The summed E-state index contributed by atoms with van der Waals surface area (Å²) in [6.45, 7) is 0.487. The van der Waals surface area contributed by atoms with E-state index in [9.17, 15) is 9.18 Å². The summed E-state index contributed by atoms with van der Waals surface area (Å²) in [5, 5.41) is 8.73. The van der Waals surface area contributed by atoms with E-state index in [4.69, 9.17) is 4.74 Å². The van der Waals surface area contributed by atoms with Crippen molar-refractivity contribution in [3.8, 4) is 11.6 Å². The Balaban J connectivity index is 1.33. The number of fused-ring (bicyclic) bond motifs is 1. The van der Waals surface area contributed by atoms with E-state index in [0.717, 1.165) is 16.6 Å². The molecule has 7 nitrogen and oxygen atoms in total. The first-order valence-corrected chi connectivity index (χ1v) is 10.1. The van der Waals surface area contributed by atoms with Crippen molar-refractivity contribution in [3.63, 3.8) is 0 Å². The van der Waals surface area contributed by atoms with Crippen LogP contribution in [-0.4, -0.2) is 56.2 Å². The van der Waals surface area contributed by atoms with Gasteiger partial charge in [0.2, 0.25) is 5.88 Å². The second kappa shape index (κ2) is 8.14. The number of pyridine rings is 1. The first-order valence-electron chi connectivity index (χ1n) is 10.1. The molecule has 2 aromatic heterocycles. The number of amides is 1. The van der Waals surface area contributed by atoms with Crippen LogP contribution >= 0.6 is 0 Å². The number of rotatable bonds is 4. The van der Waals surface area contributed by atoms with Crippen LogP contribution in [0.25, 0.3) is 16.6 Å². The Hall–Kier alpha value is -3.81. The van der Waals surface area contributed by atoms with Crippen LogP contribution in [0, 0.1) is 0 Å². The number of likely N-dealkylation sites (tertiary alicyclic amines) is 1. The number of aromatic nitrogens is 4. The lowest BCUT2D eigenvalue weighted by molar-refractivity contribution is 0.0167. The largest absolute Gasteiger partial charge is 0.469 e. The Morgan fingerprint density at radius 1 is 1.10 bits per heavy atom. The molecule has 2 unspecified atom stereocenters. The van der Waals surface area contributed by atoms with Crippen LogP contribution in [0.1, 0.15) is 16.8 Å². The maximum atomic E-state index is 14.6. The SMILES string of the molecule is O=C(c1cccc(-n2ccnn2)c1)N1CCC(F)C(Oc2ccc3ccccc3n2)C1. The number of benzene rings is 2. The second-order valence-electron chi connectivity index (χ2n) is 7.45. The maximum Gasteiger partial charge on any atom is 0.254 e. The lowest BCUT2D eigenvalue weighted by atomic mass is 10.0. The first-order chi connectivity index (χ1) is 15.2. The molecule has 156 valence electrons. The van der Waals surface area contributed by atoms with Gasteiger partial charge in [-0.05, 0) is 36.8 Å². The summed E-state index contributed by atoms with van der Waals surface area (Å²) in [6.07, 6.45) is 1.55. The lowest BCUT2D eigenvalue weighted by Gasteiger charge is -2.35. The van der Waals surface area contributed by atoms with Crippen molar-refractivity contribution in [2.24, 2.45) is 0 Å². The molecule has 2 atom stereocenters. The molecule has 4 aromatic rings. The number of carbonyl (C=O) groups is 1. The summed E-state index contributed by atoms with van der Waals surface area (Å²) in [4.78, 5) is 19.2. The van der Waals surface area contributed by atoms with Crippen molar-refractivity contribution in [1.82, 2.24) is 24.9 Å². The third-order valence-electron chi connectivity index (χ3n) is 5.39. The summed E-state index contributed by atoms with van der Waals surface area (Å²) in [7, 11) is 0. The average molecular weight is 417 g/mol. The maximum absolute atomic E-state index is 14.6. The molecular formula is C23H20FN5O2. The molecular weight excluding hydrogens is 397 g/mol. The molecule has 8 heteroatoms. The van der Waals surface area contributed by atoms with Gasteiger partial charge in [0, 0.05) is 23.6 Å². The Morgan fingerprint density at radius 2 is 2.00 bits per heavy atom. The highest BCUT2D eigenvalue weighted by molar-refractivity contribution is 5.94. The van der Waals surface area contributed by atoms with Gasteiger partial charge in [-0.25, -0.2) is 14.1 Å². The van der Waals surface area contributed by atoms with Crippen molar-refractivity contribution in [2.45, 2.75) is 18.7 Å². The third-order valence-corrected chi connectivity index (χ3v) is 5.39. The minimum Gasteiger partial charge on any atom is -0.469 e. The number of hydrogen-bond donors (Lipinski definition) is 0. The molecule has 2 aromatic carbocycles. The minimum atomic E-state index is -1.17. The molecule has 0 aliphatic carbocycles. The number of carbonyl (C=O) groups excluding carboxylic acids is 1. The van der Waals surface area contributed by atoms with E-state index in [0.29, 0.717) is 18.0 Å². The summed E-state index contributed by atoms with van der Waals surface area (Å²) < 4.78 is 22.1. The molecule has 0 spiro atoms. The number of alkyl halides is 1. The van der Waals surface area contributed by atoms with E-state index in [1.807, 2.05) is 36.4 Å². The summed E-state index contributed by atoms with van der Waals surface area (Å²) in [5.74, 6) is 0.183. The van der Waals surface area contributed by atoms with Crippen LogP contribution in [0.5, 0.6) is 5.88 Å². The minimum absolute atomic E-state index is 0.155. The van der Waals surface area contributed by atoms with Crippen molar-refractivity contribution in [2.75, 3.05) is 13.1 Å². The van der Waals surface area contributed by atoms with Crippen molar-refractivity contribution in [3.05, 3.63) is 78.6 Å². The fraction of sp³-hybridized carbons (Fsp3) is 0.217. The zero-order valence-corrected chi connectivity index (χ0v) is 16.6. The zero-order valence-electron chi connectivity index (χ0n) is 16.6. The Morgan fingerprint density at radius 3 is 2.87 bits per heavy atom. The highest BCUT2D eigenvalue weighted by atomic mass is 19.1. The van der Waals surface area contributed by atoms with E-state index < -0.39 is 12.3 Å². The molecule has 1 amide bonds. The molecule has 1 aliphatic heterocycles. The van der Waals surface area contributed by atoms with E-state index in [1.165, 1.54) is 0 Å². The smallest absolute Gasteiger partial charge is 0.254 e. The molecule has 31 heavy (non-hydrogen) atoms. The van der Waals surface area contributed by atoms with E-state index in [-0.39, 0.29) is 18.9 Å². The third kappa shape index (κ3) is 3.96. The average Bonchev–Trinajstić information content (AvgIpc) is 3.35. The fourth-order valence-electron chi connectivity index (χ4n) is 3.76. The zero-order chi connectivity index (χ0) is 21.2. The molecule has 5 rings (SSSR count). The molecule has 3 heterocycles. The van der Waals surface area contributed by atoms with Gasteiger partial charge in [0.15, 0.2) is 0 Å². The topological polar surface area (TPSA) is 73.1 Å². The van der Waals surface area contributed by atoms with E-state index >= 15 is 0 Å². The van der Waals surface area contributed by atoms with Gasteiger partial charge in [-0.1, -0.05) is 29.5 Å². The van der Waals surface area contributed by atoms with Gasteiger partial charge in [-0.2, -0.15) is 0 Å². The standard InChI is InChI=1S/C23H20FN5O2/c24-19-10-12-28(23(30)17-5-3-6-18(14-17)29-13-11-25-27-29)15-21(19)31-22-9-8-16-4-1-2-7-20(16)26-22/h1-9,11,13-14,19,21H,10,12,15H2. The summed E-state index contributed by atoms with van der Waals surface area (Å²) in [5.41, 5.74) is 2.02. The number of para-hydroxylation sites is 1. The van der Waals surface area contributed by atoms with Gasteiger partial charge in [0.25, 0.3) is 5.91 Å². The number of halogens is 1. The molecule has 0 bridgehead atoms. The number of piperidine rings is 1. The van der Waals surface area contributed by atoms with Gasteiger partial charge in [-0.3, -0.25) is 4.79 Å². The Bertz CT molecular complexity index is 1210. The van der Waals surface area contributed by atoms with Crippen molar-refractivity contribution in [1.29, 1.82) is 0 Å². The van der Waals surface area contributed by atoms with Crippen LogP contribution in [-0.2, 0) is 0 Å². The van der Waals surface area contributed by atoms with Crippen LogP contribution < -0.4 is 4.74 Å². The summed E-state index contributed by atoms with van der Waals surface area (Å²) in [6, 6.07) is 18.4. The highest BCUT2D eigenvalue weighted by Crippen LogP contribution is 2.23. The summed E-state index contributed by atoms with van der Waals surface area (Å²) >= 11 is 0. The van der Waals surface area contributed by atoms with Gasteiger partial charge in [-0.15, -0.1) is 5.10 Å². The number of ether oxygens (including phenoxy) is 1. The van der Waals surface area contributed by atoms with E-state index in [2.05, 4.69) is 15.3 Å². The highest BCUT2D eigenvalue weighted by Gasteiger charge is 2.34. The predicted octanol–water partition coefficient (Wildman–Crippen LogP) is 3.45. The molecule has 0 N–H and O–H groups in total. The van der Waals surface area contributed by atoms with Crippen LogP contribution in [0.15, 0.2) is 73.1 Å². The monoisotopic (exact) mass is 417 g/mol. The normalized spacial score (nSPS) is 18.8. The van der Waals surface area contributed by atoms with Gasteiger partial charge >= 0.3 is 0 Å². The Kier molecular flexibility index (Phi) is 5.03. The molecule has 1 aliphatic rings. The lowest BCUT2D eigenvalue weighted by Crippen LogP contribution is -2.50. The van der Waals surface area contributed by atoms with E-state index in [1.54, 1.807) is 46.2 Å². The van der Waals surface area contributed by atoms with Crippen LogP contribution in [0.3, 0.4) is 0 Å². The quantitative estimate of drug-likeness (QED) is 0.509. The van der Waals surface area contributed by atoms with Crippen LogP contribution in [0.2, 0.25) is 0 Å². The van der Waals surface area contributed by atoms with Gasteiger partial charge in [0.05, 0.1) is 30.1 Å². The molecule has 1 fully saturated rings. The van der Waals surface area contributed by atoms with Crippen molar-refractivity contribution < 1.29 is 13.9 Å². The molecule has 0 saturated carbocycles.